The summed E-state index contributed by atoms with van der Waals surface area (Å²) >= 11 is 0. The Morgan fingerprint density at radius 2 is 1.95 bits per heavy atom. The molecule has 2 aromatic carbocycles. The van der Waals surface area contributed by atoms with E-state index in [0.717, 1.165) is 11.1 Å². The molecule has 106 valence electrons. The van der Waals surface area contributed by atoms with E-state index in [4.69, 9.17) is 9.26 Å². The number of aryl methyl sites for hydroxylation is 1. The van der Waals surface area contributed by atoms with Crippen molar-refractivity contribution in [2.75, 3.05) is 7.11 Å². The zero-order valence-electron chi connectivity index (χ0n) is 11.7. The van der Waals surface area contributed by atoms with Gasteiger partial charge in [-0.15, -0.1) is 0 Å². The van der Waals surface area contributed by atoms with Gasteiger partial charge in [-0.05, 0) is 36.8 Å². The predicted octanol–water partition coefficient (Wildman–Crippen LogP) is 3.43. The minimum absolute atomic E-state index is 0.199. The molecule has 0 radical (unpaired) electrons. The number of benzene rings is 2. The normalized spacial score (nSPS) is 10.6. The fourth-order valence-electron chi connectivity index (χ4n) is 2.02. The van der Waals surface area contributed by atoms with Gasteiger partial charge in [0.1, 0.15) is 11.5 Å². The number of nitrogens with zero attached hydrogens (tertiary/aromatic N) is 2. The highest BCUT2D eigenvalue weighted by Crippen LogP contribution is 2.30. The van der Waals surface area contributed by atoms with Crippen molar-refractivity contribution >= 4 is 0 Å². The Labute approximate surface area is 121 Å². The van der Waals surface area contributed by atoms with Crippen LogP contribution in [0.2, 0.25) is 0 Å². The van der Waals surface area contributed by atoms with Crippen molar-refractivity contribution in [3.05, 3.63) is 48.0 Å². The Morgan fingerprint density at radius 1 is 1.14 bits per heavy atom. The van der Waals surface area contributed by atoms with Crippen LogP contribution in [0.15, 0.2) is 47.0 Å². The first kappa shape index (κ1) is 13.2. The second-order valence-corrected chi connectivity index (χ2v) is 4.62. The number of rotatable bonds is 3. The van der Waals surface area contributed by atoms with Gasteiger partial charge in [0.2, 0.25) is 5.82 Å². The van der Waals surface area contributed by atoms with Crippen molar-refractivity contribution in [2.45, 2.75) is 6.92 Å². The number of hydrogen-bond acceptors (Lipinski definition) is 5. The van der Waals surface area contributed by atoms with Gasteiger partial charge in [0.15, 0.2) is 0 Å². The molecule has 0 saturated carbocycles. The summed E-state index contributed by atoms with van der Waals surface area (Å²) in [5.74, 6) is 1.68. The largest absolute Gasteiger partial charge is 0.508 e. The van der Waals surface area contributed by atoms with Crippen molar-refractivity contribution < 1.29 is 14.4 Å². The minimum Gasteiger partial charge on any atom is -0.508 e. The Balaban J connectivity index is 2.01. The number of methoxy groups -OCH3 is 1. The van der Waals surface area contributed by atoms with Gasteiger partial charge in [0.05, 0.1) is 12.7 Å². The van der Waals surface area contributed by atoms with Crippen LogP contribution in [0.25, 0.3) is 22.8 Å². The number of phenols is 1. The van der Waals surface area contributed by atoms with Crippen LogP contribution in [-0.2, 0) is 0 Å². The van der Waals surface area contributed by atoms with Gasteiger partial charge in [-0.2, -0.15) is 4.98 Å². The minimum atomic E-state index is 0.199. The lowest BCUT2D eigenvalue weighted by Crippen LogP contribution is -1.88. The molecule has 0 fully saturated rings. The molecule has 1 N–H and O–H groups in total. The summed E-state index contributed by atoms with van der Waals surface area (Å²) in [5, 5.41) is 13.7. The zero-order chi connectivity index (χ0) is 14.8. The molecule has 5 heteroatoms. The molecule has 0 atom stereocenters. The molecule has 3 rings (SSSR count). The van der Waals surface area contributed by atoms with E-state index in [1.165, 1.54) is 0 Å². The van der Waals surface area contributed by atoms with Crippen LogP contribution in [0.4, 0.5) is 0 Å². The van der Waals surface area contributed by atoms with Crippen LogP contribution in [0.1, 0.15) is 5.56 Å². The standard InChI is InChI=1S/C16H14N2O3/c1-10-7-8-11(9-13(10)19)16-17-15(18-21-16)12-5-3-4-6-14(12)20-2/h3-9,19H,1-2H3. The summed E-state index contributed by atoms with van der Waals surface area (Å²) in [4.78, 5) is 4.36. The van der Waals surface area contributed by atoms with Crippen molar-refractivity contribution in [3.8, 4) is 34.3 Å². The number of para-hydroxylation sites is 1. The average molecular weight is 282 g/mol. The molecule has 0 spiro atoms. The SMILES string of the molecule is COc1ccccc1-c1noc(-c2ccc(C)c(O)c2)n1. The highest BCUT2D eigenvalue weighted by molar-refractivity contribution is 5.66. The first-order valence-electron chi connectivity index (χ1n) is 6.46. The molecular formula is C16H14N2O3. The van der Waals surface area contributed by atoms with E-state index in [1.54, 1.807) is 19.2 Å². The molecule has 0 aliphatic carbocycles. The average Bonchev–Trinajstić information content (AvgIpc) is 2.99. The third kappa shape index (κ3) is 2.45. The van der Waals surface area contributed by atoms with Crippen LogP contribution in [0.3, 0.4) is 0 Å². The monoisotopic (exact) mass is 282 g/mol. The Hall–Kier alpha value is -2.82. The van der Waals surface area contributed by atoms with Crippen molar-refractivity contribution in [1.82, 2.24) is 10.1 Å². The summed E-state index contributed by atoms with van der Waals surface area (Å²) in [7, 11) is 1.60. The summed E-state index contributed by atoms with van der Waals surface area (Å²) in [6.45, 7) is 1.83. The Kier molecular flexibility index (Phi) is 3.31. The fraction of sp³-hybridized carbons (Fsp3) is 0.125. The van der Waals surface area contributed by atoms with Crippen LogP contribution in [0, 0.1) is 6.92 Å². The van der Waals surface area contributed by atoms with E-state index in [9.17, 15) is 5.11 Å². The molecule has 0 bridgehead atoms. The zero-order valence-corrected chi connectivity index (χ0v) is 11.7. The smallest absolute Gasteiger partial charge is 0.258 e. The third-order valence-electron chi connectivity index (χ3n) is 3.23. The molecule has 0 unspecified atom stereocenters. The highest BCUT2D eigenvalue weighted by atomic mass is 16.5. The number of hydrogen-bond donors (Lipinski definition) is 1. The molecule has 0 aliphatic rings. The molecule has 1 heterocycles. The van der Waals surface area contributed by atoms with E-state index in [-0.39, 0.29) is 5.75 Å². The van der Waals surface area contributed by atoms with Gasteiger partial charge in [0.25, 0.3) is 5.89 Å². The third-order valence-corrected chi connectivity index (χ3v) is 3.23. The molecule has 21 heavy (non-hydrogen) atoms. The first-order chi connectivity index (χ1) is 10.2. The number of ether oxygens (including phenoxy) is 1. The number of aromatic hydroxyl groups is 1. The summed E-state index contributed by atoms with van der Waals surface area (Å²) in [6.07, 6.45) is 0. The lowest BCUT2D eigenvalue weighted by Gasteiger charge is -2.03. The molecule has 1 aromatic heterocycles. The van der Waals surface area contributed by atoms with Gasteiger partial charge in [-0.3, -0.25) is 0 Å². The van der Waals surface area contributed by atoms with Crippen LogP contribution >= 0.6 is 0 Å². The van der Waals surface area contributed by atoms with E-state index in [2.05, 4.69) is 10.1 Å². The maximum absolute atomic E-state index is 9.76. The fourth-order valence-corrected chi connectivity index (χ4v) is 2.02. The van der Waals surface area contributed by atoms with Crippen molar-refractivity contribution in [2.24, 2.45) is 0 Å². The topological polar surface area (TPSA) is 68.4 Å². The van der Waals surface area contributed by atoms with Gasteiger partial charge < -0.3 is 14.4 Å². The molecule has 0 aliphatic heterocycles. The van der Waals surface area contributed by atoms with Crippen molar-refractivity contribution in [1.29, 1.82) is 0 Å². The predicted molar refractivity (Wildman–Crippen MR) is 78.1 cm³/mol. The highest BCUT2D eigenvalue weighted by Gasteiger charge is 2.14. The molecule has 0 saturated heterocycles. The van der Waals surface area contributed by atoms with E-state index in [1.807, 2.05) is 37.3 Å². The van der Waals surface area contributed by atoms with Gasteiger partial charge in [-0.25, -0.2) is 0 Å². The van der Waals surface area contributed by atoms with Crippen LogP contribution in [0.5, 0.6) is 11.5 Å². The summed E-state index contributed by atoms with van der Waals surface area (Å²) in [5.41, 5.74) is 2.22. The van der Waals surface area contributed by atoms with E-state index < -0.39 is 0 Å². The van der Waals surface area contributed by atoms with Crippen LogP contribution in [-0.4, -0.2) is 22.4 Å². The summed E-state index contributed by atoms with van der Waals surface area (Å²) < 4.78 is 10.6. The van der Waals surface area contributed by atoms with Gasteiger partial charge in [0, 0.05) is 5.56 Å². The molecular weight excluding hydrogens is 268 g/mol. The quantitative estimate of drug-likeness (QED) is 0.797. The molecule has 5 nitrogen and oxygen atoms in total. The van der Waals surface area contributed by atoms with Gasteiger partial charge >= 0.3 is 0 Å². The van der Waals surface area contributed by atoms with E-state index >= 15 is 0 Å². The number of phenolic OH excluding ortho intramolecular Hbond substituents is 1. The Morgan fingerprint density at radius 3 is 2.71 bits per heavy atom. The second kappa shape index (κ2) is 5.28. The second-order valence-electron chi connectivity index (χ2n) is 4.62. The lowest BCUT2D eigenvalue weighted by atomic mass is 10.1. The number of aromatic nitrogens is 2. The molecule has 0 amide bonds. The Bertz CT molecular complexity index is 781. The van der Waals surface area contributed by atoms with Gasteiger partial charge in [-0.1, -0.05) is 23.4 Å². The van der Waals surface area contributed by atoms with E-state index in [0.29, 0.717) is 23.0 Å². The lowest BCUT2D eigenvalue weighted by molar-refractivity contribution is 0.413. The van der Waals surface area contributed by atoms with Crippen molar-refractivity contribution in [3.63, 3.8) is 0 Å². The maximum atomic E-state index is 9.76. The first-order valence-corrected chi connectivity index (χ1v) is 6.46. The summed E-state index contributed by atoms with van der Waals surface area (Å²) in [6, 6.07) is 12.7. The molecule has 3 aromatic rings. The van der Waals surface area contributed by atoms with Crippen LogP contribution < -0.4 is 4.74 Å². The maximum Gasteiger partial charge on any atom is 0.258 e.